The lowest BCUT2D eigenvalue weighted by Crippen LogP contribution is -2.46. The number of hydrogen-bond acceptors (Lipinski definition) is 4. The molecule has 0 spiro atoms. The van der Waals surface area contributed by atoms with Crippen LogP contribution in [-0.2, 0) is 0 Å². The van der Waals surface area contributed by atoms with Crippen LogP contribution < -0.4 is 14.5 Å². The zero-order valence-electron chi connectivity index (χ0n) is 19.4. The number of anilines is 2. The molecule has 4 rings (SSSR count). The van der Waals surface area contributed by atoms with Crippen molar-refractivity contribution in [2.75, 3.05) is 43.1 Å². The second-order valence-corrected chi connectivity index (χ2v) is 8.66. The summed E-state index contributed by atoms with van der Waals surface area (Å²) in [4.78, 5) is 4.80. The molecular weight excluding hydrogens is 394 g/mol. The first-order valence-corrected chi connectivity index (χ1v) is 11.3. The summed E-state index contributed by atoms with van der Waals surface area (Å²) >= 11 is 0. The highest BCUT2D eigenvalue weighted by molar-refractivity contribution is 5.80. The maximum absolute atomic E-state index is 10.1. The van der Waals surface area contributed by atoms with Gasteiger partial charge in [0, 0.05) is 31.9 Å². The van der Waals surface area contributed by atoms with E-state index < -0.39 is 0 Å². The van der Waals surface area contributed by atoms with E-state index in [1.165, 1.54) is 16.8 Å². The van der Waals surface area contributed by atoms with Crippen LogP contribution in [0.5, 0.6) is 5.75 Å². The molecule has 0 unspecified atom stereocenters. The Bertz CT molecular complexity index is 1110. The molecule has 1 saturated heterocycles. The lowest BCUT2D eigenvalue weighted by Gasteiger charge is -2.38. The first kappa shape index (κ1) is 21.8. The minimum absolute atomic E-state index is 0.350. The number of hydrogen-bond donors (Lipinski definition) is 0. The third kappa shape index (κ3) is 4.16. The second-order valence-electron chi connectivity index (χ2n) is 8.66. The van der Waals surface area contributed by atoms with Gasteiger partial charge in [-0.1, -0.05) is 44.2 Å². The largest absolute Gasteiger partial charge is 0.497 e. The van der Waals surface area contributed by atoms with Gasteiger partial charge in [0.2, 0.25) is 0 Å². The molecule has 1 heterocycles. The van der Waals surface area contributed by atoms with Gasteiger partial charge in [0.05, 0.1) is 18.4 Å². The molecule has 1 aliphatic rings. The fourth-order valence-electron chi connectivity index (χ4n) is 4.66. The van der Waals surface area contributed by atoms with Gasteiger partial charge >= 0.3 is 0 Å². The van der Waals surface area contributed by atoms with Gasteiger partial charge in [-0.2, -0.15) is 5.26 Å². The summed E-state index contributed by atoms with van der Waals surface area (Å²) in [6, 6.07) is 23.5. The van der Waals surface area contributed by atoms with E-state index in [9.17, 15) is 5.26 Å². The Hall–Kier alpha value is -3.45. The van der Waals surface area contributed by atoms with Gasteiger partial charge in [0.25, 0.3) is 0 Å². The van der Waals surface area contributed by atoms with Crippen molar-refractivity contribution in [3.63, 3.8) is 0 Å². The van der Waals surface area contributed by atoms with Crippen molar-refractivity contribution < 1.29 is 4.74 Å². The monoisotopic (exact) mass is 425 g/mol. The van der Waals surface area contributed by atoms with Crippen molar-refractivity contribution >= 4 is 11.4 Å². The molecular formula is C28H31N3O. The van der Waals surface area contributed by atoms with E-state index in [-0.39, 0.29) is 0 Å². The topological polar surface area (TPSA) is 39.5 Å². The molecule has 32 heavy (non-hydrogen) atoms. The average Bonchev–Trinajstić information content (AvgIpc) is 2.84. The number of benzene rings is 3. The smallest absolute Gasteiger partial charge is 0.118 e. The Labute approximate surface area is 191 Å². The van der Waals surface area contributed by atoms with Crippen molar-refractivity contribution in [3.8, 4) is 22.9 Å². The van der Waals surface area contributed by atoms with Crippen molar-refractivity contribution in [1.82, 2.24) is 0 Å². The molecule has 0 radical (unpaired) electrons. The van der Waals surface area contributed by atoms with Gasteiger partial charge in [-0.25, -0.2) is 0 Å². The number of piperazine rings is 1. The normalized spacial score (nSPS) is 13.9. The fraction of sp³-hybridized carbons (Fsp3) is 0.321. The summed E-state index contributed by atoms with van der Waals surface area (Å²) in [5, 5.41) is 10.1. The van der Waals surface area contributed by atoms with Crippen LogP contribution in [0.4, 0.5) is 11.4 Å². The third-order valence-corrected chi connectivity index (χ3v) is 6.44. The molecule has 1 fully saturated rings. The predicted octanol–water partition coefficient (Wildman–Crippen LogP) is 5.99. The van der Waals surface area contributed by atoms with Crippen LogP contribution in [0, 0.1) is 18.3 Å². The van der Waals surface area contributed by atoms with Crippen molar-refractivity contribution in [3.05, 3.63) is 77.4 Å². The molecule has 4 nitrogen and oxygen atoms in total. The Balaban J connectivity index is 1.70. The number of nitrogens with zero attached hydrogens (tertiary/aromatic N) is 3. The van der Waals surface area contributed by atoms with Crippen LogP contribution in [0.25, 0.3) is 11.1 Å². The van der Waals surface area contributed by atoms with Crippen LogP contribution in [-0.4, -0.2) is 33.3 Å². The molecule has 1 aliphatic heterocycles. The number of para-hydroxylation sites is 1. The van der Waals surface area contributed by atoms with Crippen LogP contribution >= 0.6 is 0 Å². The Kier molecular flexibility index (Phi) is 6.37. The summed E-state index contributed by atoms with van der Waals surface area (Å²) in [6.07, 6.45) is 0. The van der Waals surface area contributed by atoms with Crippen molar-refractivity contribution in [2.24, 2.45) is 0 Å². The predicted molar refractivity (Wildman–Crippen MR) is 133 cm³/mol. The SMILES string of the molecule is COc1ccc(-c2c(C(C)C)cc(N3CCN(c4ccccc4)CC3)c(C#N)c2C)cc1. The lowest BCUT2D eigenvalue weighted by atomic mass is 9.85. The van der Waals surface area contributed by atoms with Gasteiger partial charge < -0.3 is 14.5 Å². The van der Waals surface area contributed by atoms with E-state index in [0.717, 1.165) is 54.3 Å². The van der Waals surface area contributed by atoms with Crippen LogP contribution in [0.15, 0.2) is 60.7 Å². The van der Waals surface area contributed by atoms with Gasteiger partial charge in [-0.05, 0) is 65.4 Å². The summed E-state index contributed by atoms with van der Waals surface area (Å²) in [5.41, 5.74) is 7.76. The third-order valence-electron chi connectivity index (χ3n) is 6.44. The molecule has 164 valence electrons. The van der Waals surface area contributed by atoms with Crippen LogP contribution in [0.2, 0.25) is 0 Å². The van der Waals surface area contributed by atoms with E-state index in [1.807, 2.05) is 12.1 Å². The molecule has 4 heteroatoms. The summed E-state index contributed by atoms with van der Waals surface area (Å²) in [7, 11) is 1.68. The molecule has 3 aromatic rings. The maximum Gasteiger partial charge on any atom is 0.118 e. The molecule has 0 aliphatic carbocycles. The van der Waals surface area contributed by atoms with Crippen LogP contribution in [0.3, 0.4) is 0 Å². The minimum Gasteiger partial charge on any atom is -0.497 e. The molecule has 0 amide bonds. The van der Waals surface area contributed by atoms with E-state index >= 15 is 0 Å². The van der Waals surface area contributed by atoms with Gasteiger partial charge in [-0.3, -0.25) is 0 Å². The van der Waals surface area contributed by atoms with Gasteiger partial charge in [-0.15, -0.1) is 0 Å². The molecule has 0 N–H and O–H groups in total. The summed E-state index contributed by atoms with van der Waals surface area (Å²) < 4.78 is 5.33. The van der Waals surface area contributed by atoms with Gasteiger partial charge in [0.15, 0.2) is 0 Å². The minimum atomic E-state index is 0.350. The van der Waals surface area contributed by atoms with Crippen molar-refractivity contribution in [1.29, 1.82) is 5.26 Å². The molecule has 0 atom stereocenters. The number of nitriles is 1. The zero-order chi connectivity index (χ0) is 22.7. The quantitative estimate of drug-likeness (QED) is 0.503. The van der Waals surface area contributed by atoms with E-state index in [4.69, 9.17) is 4.74 Å². The Morgan fingerprint density at radius 3 is 2.09 bits per heavy atom. The number of methoxy groups -OCH3 is 1. The summed E-state index contributed by atoms with van der Waals surface area (Å²) in [6.45, 7) is 10.3. The second kappa shape index (κ2) is 9.36. The fourth-order valence-corrected chi connectivity index (χ4v) is 4.66. The molecule has 3 aromatic carbocycles. The highest BCUT2D eigenvalue weighted by Gasteiger charge is 2.24. The zero-order valence-corrected chi connectivity index (χ0v) is 19.4. The number of ether oxygens (including phenoxy) is 1. The Morgan fingerprint density at radius 2 is 1.53 bits per heavy atom. The average molecular weight is 426 g/mol. The number of rotatable bonds is 5. The van der Waals surface area contributed by atoms with E-state index in [2.05, 4.69) is 85.2 Å². The standard InChI is InChI=1S/C28H31N3O/c1-20(2)25-18-27(31-16-14-30(15-17-31)23-8-6-5-7-9-23)26(19-29)21(3)28(25)22-10-12-24(32-4)13-11-22/h5-13,18,20H,14-17H2,1-4H3. The van der Waals surface area contributed by atoms with Gasteiger partial charge in [0.1, 0.15) is 11.8 Å². The van der Waals surface area contributed by atoms with E-state index in [1.54, 1.807) is 7.11 Å². The maximum atomic E-state index is 10.1. The highest BCUT2D eigenvalue weighted by atomic mass is 16.5. The molecule has 0 bridgehead atoms. The first-order chi connectivity index (χ1) is 15.5. The van der Waals surface area contributed by atoms with Crippen molar-refractivity contribution in [2.45, 2.75) is 26.7 Å². The lowest BCUT2D eigenvalue weighted by molar-refractivity contribution is 0.415. The first-order valence-electron chi connectivity index (χ1n) is 11.3. The molecule has 0 saturated carbocycles. The van der Waals surface area contributed by atoms with E-state index in [0.29, 0.717) is 5.92 Å². The Morgan fingerprint density at radius 1 is 0.906 bits per heavy atom. The summed E-state index contributed by atoms with van der Waals surface area (Å²) in [5.74, 6) is 1.19. The highest BCUT2D eigenvalue weighted by Crippen LogP contribution is 2.39. The molecule has 0 aromatic heterocycles. The van der Waals surface area contributed by atoms with Crippen LogP contribution in [0.1, 0.15) is 36.5 Å².